The van der Waals surface area contributed by atoms with Crippen LogP contribution in [0.25, 0.3) is 16.7 Å². The number of carbonyl (C=O) groups excluding carboxylic acids is 1. The highest BCUT2D eigenvalue weighted by Gasteiger charge is 2.21. The number of benzene rings is 2. The molecule has 1 atom stereocenters. The predicted molar refractivity (Wildman–Crippen MR) is 104 cm³/mol. The molecule has 1 unspecified atom stereocenters. The van der Waals surface area contributed by atoms with Gasteiger partial charge >= 0.3 is 0 Å². The number of nitrogens with one attached hydrogen (secondary N) is 1. The maximum Gasteiger partial charge on any atom is 0.262 e. The van der Waals surface area contributed by atoms with Crippen molar-refractivity contribution in [1.82, 2.24) is 19.7 Å². The Kier molecular flexibility index (Phi) is 4.47. The lowest BCUT2D eigenvalue weighted by Gasteiger charge is -2.12. The first-order chi connectivity index (χ1) is 13.1. The van der Waals surface area contributed by atoms with E-state index in [0.717, 1.165) is 23.0 Å². The fourth-order valence-electron chi connectivity index (χ4n) is 2.74. The highest BCUT2D eigenvalue weighted by molar-refractivity contribution is 8.00. The minimum Gasteiger partial charge on any atom is -0.368 e. The van der Waals surface area contributed by atoms with Crippen molar-refractivity contribution in [2.24, 2.45) is 5.73 Å². The van der Waals surface area contributed by atoms with E-state index in [1.807, 2.05) is 60.7 Å². The Morgan fingerprint density at radius 1 is 1.07 bits per heavy atom. The average molecular weight is 377 g/mol. The fourth-order valence-corrected chi connectivity index (χ4v) is 3.67. The minimum absolute atomic E-state index is 0.304. The van der Waals surface area contributed by atoms with Crippen molar-refractivity contribution in [2.45, 2.75) is 10.4 Å². The highest BCUT2D eigenvalue weighted by Crippen LogP contribution is 2.33. The van der Waals surface area contributed by atoms with Crippen LogP contribution in [0.15, 0.2) is 76.8 Å². The van der Waals surface area contributed by atoms with Crippen LogP contribution in [0.5, 0.6) is 0 Å². The van der Waals surface area contributed by atoms with Crippen molar-refractivity contribution in [3.05, 3.63) is 82.8 Å². The van der Waals surface area contributed by atoms with Crippen LogP contribution in [0.3, 0.4) is 0 Å². The molecule has 0 bridgehead atoms. The Labute approximate surface area is 158 Å². The lowest BCUT2D eigenvalue weighted by atomic mass is 10.1. The first-order valence-corrected chi connectivity index (χ1v) is 9.06. The molecule has 0 fully saturated rings. The molecule has 3 N–H and O–H groups in total. The van der Waals surface area contributed by atoms with Gasteiger partial charge < -0.3 is 10.7 Å². The Morgan fingerprint density at radius 2 is 1.74 bits per heavy atom. The molecule has 0 radical (unpaired) electrons. The second-order valence-electron chi connectivity index (χ2n) is 5.81. The van der Waals surface area contributed by atoms with Crippen LogP contribution < -0.4 is 11.3 Å². The molecule has 1 amide bonds. The second-order valence-corrected chi connectivity index (χ2v) is 6.91. The predicted octanol–water partition coefficient (Wildman–Crippen LogP) is 2.43. The lowest BCUT2D eigenvalue weighted by Crippen LogP contribution is -2.20. The molecule has 8 heteroatoms. The van der Waals surface area contributed by atoms with Gasteiger partial charge in [-0.2, -0.15) is 5.10 Å². The number of H-pyrrole nitrogens is 1. The van der Waals surface area contributed by atoms with Gasteiger partial charge in [-0.1, -0.05) is 60.3 Å². The van der Waals surface area contributed by atoms with Gasteiger partial charge in [0, 0.05) is 0 Å². The molecule has 134 valence electrons. The van der Waals surface area contributed by atoms with Gasteiger partial charge in [0.25, 0.3) is 5.56 Å². The van der Waals surface area contributed by atoms with E-state index in [2.05, 4.69) is 15.1 Å². The van der Waals surface area contributed by atoms with Crippen LogP contribution in [0.2, 0.25) is 0 Å². The van der Waals surface area contributed by atoms with Crippen molar-refractivity contribution < 1.29 is 4.79 Å². The van der Waals surface area contributed by atoms with Gasteiger partial charge in [0.05, 0.1) is 11.9 Å². The van der Waals surface area contributed by atoms with Gasteiger partial charge in [0.1, 0.15) is 10.6 Å². The summed E-state index contributed by atoms with van der Waals surface area (Å²) in [4.78, 5) is 31.6. The van der Waals surface area contributed by atoms with E-state index in [9.17, 15) is 9.59 Å². The lowest BCUT2D eigenvalue weighted by molar-refractivity contribution is -0.117. The molecule has 0 spiro atoms. The van der Waals surface area contributed by atoms with Gasteiger partial charge in [0.15, 0.2) is 10.8 Å². The first-order valence-electron chi connectivity index (χ1n) is 8.18. The SMILES string of the molecule is NC(=O)C(Sc1nc2c(cnn2-c2ccccc2)c(=O)[nH]1)c1ccccc1. The monoisotopic (exact) mass is 377 g/mol. The maximum atomic E-state index is 12.5. The summed E-state index contributed by atoms with van der Waals surface area (Å²) in [6, 6.07) is 18.5. The third kappa shape index (κ3) is 3.34. The van der Waals surface area contributed by atoms with Crippen LogP contribution in [-0.2, 0) is 4.79 Å². The van der Waals surface area contributed by atoms with E-state index in [4.69, 9.17) is 5.73 Å². The number of nitrogens with two attached hydrogens (primary N) is 1. The molecular weight excluding hydrogens is 362 g/mol. The number of aromatic amines is 1. The maximum absolute atomic E-state index is 12.5. The standard InChI is InChI=1S/C19H15N5O2S/c20-16(25)15(12-7-3-1-4-8-12)27-19-22-17-14(18(26)23-19)11-21-24(17)13-9-5-2-6-10-13/h1-11,15H,(H2,20,25)(H,22,23,26). The second kappa shape index (κ2) is 7.08. The molecule has 2 heterocycles. The van der Waals surface area contributed by atoms with Crippen molar-refractivity contribution >= 4 is 28.7 Å². The Balaban J connectivity index is 1.78. The normalized spacial score (nSPS) is 12.1. The van der Waals surface area contributed by atoms with Gasteiger partial charge in [-0.3, -0.25) is 9.59 Å². The van der Waals surface area contributed by atoms with Crippen molar-refractivity contribution in [1.29, 1.82) is 0 Å². The van der Waals surface area contributed by atoms with Gasteiger partial charge in [-0.05, 0) is 17.7 Å². The summed E-state index contributed by atoms with van der Waals surface area (Å²) in [6.07, 6.45) is 1.48. The van der Waals surface area contributed by atoms with E-state index in [0.29, 0.717) is 16.2 Å². The van der Waals surface area contributed by atoms with Crippen LogP contribution in [0.1, 0.15) is 10.8 Å². The van der Waals surface area contributed by atoms with E-state index in [1.165, 1.54) is 6.20 Å². The summed E-state index contributed by atoms with van der Waals surface area (Å²) in [5.41, 5.74) is 7.21. The smallest absolute Gasteiger partial charge is 0.262 e. The number of primary amides is 1. The summed E-state index contributed by atoms with van der Waals surface area (Å²) in [5.74, 6) is -0.509. The summed E-state index contributed by atoms with van der Waals surface area (Å²) < 4.78 is 1.59. The molecule has 0 saturated carbocycles. The van der Waals surface area contributed by atoms with Gasteiger partial charge in [-0.25, -0.2) is 9.67 Å². The molecule has 0 aliphatic heterocycles. The van der Waals surface area contributed by atoms with E-state index in [-0.39, 0.29) is 5.56 Å². The van der Waals surface area contributed by atoms with Gasteiger partial charge in [-0.15, -0.1) is 0 Å². The number of hydrogen-bond acceptors (Lipinski definition) is 5. The number of para-hydroxylation sites is 1. The number of nitrogens with zero attached hydrogens (tertiary/aromatic N) is 3. The van der Waals surface area contributed by atoms with Crippen molar-refractivity contribution in [3.8, 4) is 5.69 Å². The third-order valence-corrected chi connectivity index (χ3v) is 5.16. The zero-order chi connectivity index (χ0) is 18.8. The van der Waals surface area contributed by atoms with E-state index >= 15 is 0 Å². The Bertz CT molecular complexity index is 1160. The average Bonchev–Trinajstić information content (AvgIpc) is 3.12. The van der Waals surface area contributed by atoms with Gasteiger partial charge in [0.2, 0.25) is 5.91 Å². The summed E-state index contributed by atoms with van der Waals surface area (Å²) >= 11 is 1.10. The number of hydrogen-bond donors (Lipinski definition) is 2. The van der Waals surface area contributed by atoms with Crippen LogP contribution in [-0.4, -0.2) is 25.7 Å². The van der Waals surface area contributed by atoms with E-state index in [1.54, 1.807) is 4.68 Å². The highest BCUT2D eigenvalue weighted by atomic mass is 32.2. The number of carbonyl (C=O) groups is 1. The number of aromatic nitrogens is 4. The molecular formula is C19H15N5O2S. The van der Waals surface area contributed by atoms with Crippen LogP contribution in [0, 0.1) is 0 Å². The molecule has 2 aromatic carbocycles. The van der Waals surface area contributed by atoms with Crippen LogP contribution >= 0.6 is 11.8 Å². The molecule has 0 aliphatic rings. The zero-order valence-corrected chi connectivity index (χ0v) is 14.9. The molecule has 7 nitrogen and oxygen atoms in total. The number of amides is 1. The Hall–Kier alpha value is -3.39. The third-order valence-electron chi connectivity index (χ3n) is 4.01. The minimum atomic E-state index is -0.667. The van der Waals surface area contributed by atoms with Crippen molar-refractivity contribution in [2.75, 3.05) is 0 Å². The number of rotatable bonds is 5. The molecule has 4 rings (SSSR count). The Morgan fingerprint density at radius 3 is 2.41 bits per heavy atom. The zero-order valence-electron chi connectivity index (χ0n) is 14.1. The van der Waals surface area contributed by atoms with Crippen LogP contribution in [0.4, 0.5) is 0 Å². The van der Waals surface area contributed by atoms with Crippen molar-refractivity contribution in [3.63, 3.8) is 0 Å². The molecule has 27 heavy (non-hydrogen) atoms. The molecule has 4 aromatic rings. The molecule has 0 aliphatic carbocycles. The summed E-state index contributed by atoms with van der Waals surface area (Å²) in [6.45, 7) is 0. The molecule has 2 aromatic heterocycles. The number of thioether (sulfide) groups is 1. The quantitative estimate of drug-likeness (QED) is 0.410. The fraction of sp³-hybridized carbons (Fsp3) is 0.0526. The molecule has 0 saturated heterocycles. The number of fused-ring (bicyclic) bond motifs is 1. The largest absolute Gasteiger partial charge is 0.368 e. The first kappa shape index (κ1) is 17.0. The topological polar surface area (TPSA) is 107 Å². The van der Waals surface area contributed by atoms with E-state index < -0.39 is 11.2 Å². The summed E-state index contributed by atoms with van der Waals surface area (Å²) in [7, 11) is 0. The summed E-state index contributed by atoms with van der Waals surface area (Å²) in [5, 5.41) is 4.28.